The molecule has 39 heavy (non-hydrogen) atoms. The third kappa shape index (κ3) is 6.26. The van der Waals surface area contributed by atoms with Crippen LogP contribution in [-0.2, 0) is 9.59 Å². The Labute approximate surface area is 225 Å². The van der Waals surface area contributed by atoms with Crippen LogP contribution in [0.2, 0.25) is 0 Å². The van der Waals surface area contributed by atoms with Crippen molar-refractivity contribution >= 4 is 34.8 Å². The number of nitrogens with two attached hydrogens (primary N) is 2. The molecule has 13 nitrogen and oxygen atoms in total. The highest BCUT2D eigenvalue weighted by molar-refractivity contribution is 5.79. The van der Waals surface area contributed by atoms with Gasteiger partial charge in [0.15, 0.2) is 0 Å². The van der Waals surface area contributed by atoms with Gasteiger partial charge in [0.1, 0.15) is 12.0 Å². The fourth-order valence-corrected chi connectivity index (χ4v) is 5.01. The molecule has 4 aromatic heterocycles. The average molecular weight is 530 g/mol. The molecular formula is C26H31N11O2. The predicted molar refractivity (Wildman–Crippen MR) is 146 cm³/mol. The zero-order chi connectivity index (χ0) is 27.4. The first kappa shape index (κ1) is 26.0. The molecule has 1 saturated carbocycles. The van der Waals surface area contributed by atoms with Gasteiger partial charge in [-0.1, -0.05) is 0 Å². The van der Waals surface area contributed by atoms with Crippen molar-refractivity contribution in [3.8, 4) is 11.4 Å². The minimum Gasteiger partial charge on any atom is -0.369 e. The third-order valence-corrected chi connectivity index (χ3v) is 6.83. The van der Waals surface area contributed by atoms with Crippen LogP contribution in [-0.4, -0.2) is 71.2 Å². The Morgan fingerprint density at radius 3 is 2.38 bits per heavy atom. The minimum absolute atomic E-state index is 0.0196. The molecular weight excluding hydrogens is 498 g/mol. The van der Waals surface area contributed by atoms with Gasteiger partial charge in [0.25, 0.3) is 0 Å². The molecule has 0 atom stereocenters. The summed E-state index contributed by atoms with van der Waals surface area (Å²) in [6, 6.07) is 4.11. The number of anilines is 3. The van der Waals surface area contributed by atoms with Crippen LogP contribution in [0, 0.1) is 6.92 Å². The van der Waals surface area contributed by atoms with Crippen molar-refractivity contribution in [2.75, 3.05) is 23.7 Å². The summed E-state index contributed by atoms with van der Waals surface area (Å²) in [5.41, 5.74) is 15.7. The zero-order valence-electron chi connectivity index (χ0n) is 21.6. The van der Waals surface area contributed by atoms with Gasteiger partial charge in [0.05, 0.1) is 54.4 Å². The summed E-state index contributed by atoms with van der Waals surface area (Å²) in [5.74, 6) is -0.404. The second-order valence-corrected chi connectivity index (χ2v) is 9.75. The normalized spacial score (nSPS) is 17.3. The highest BCUT2D eigenvalue weighted by atomic mass is 16.2. The molecule has 0 aliphatic heterocycles. The van der Waals surface area contributed by atoms with Crippen molar-refractivity contribution in [1.82, 2.24) is 34.2 Å². The van der Waals surface area contributed by atoms with Crippen LogP contribution in [0.25, 0.3) is 17.0 Å². The number of pyridine rings is 1. The number of fused-ring (bicyclic) bond motifs is 1. The Morgan fingerprint density at radius 2 is 1.69 bits per heavy atom. The second kappa shape index (κ2) is 11.4. The maximum absolute atomic E-state index is 11.5. The van der Waals surface area contributed by atoms with E-state index >= 15 is 0 Å². The fraction of sp³-hybridized carbons (Fsp3) is 0.346. The van der Waals surface area contributed by atoms with Gasteiger partial charge in [-0.3, -0.25) is 18.9 Å². The summed E-state index contributed by atoms with van der Waals surface area (Å²) in [5, 5.41) is 6.77. The molecule has 0 saturated heterocycles. The van der Waals surface area contributed by atoms with E-state index in [9.17, 15) is 9.59 Å². The molecule has 4 heterocycles. The Hall–Kier alpha value is -4.65. The molecule has 0 spiro atoms. The number of primary amides is 2. The molecule has 4 aromatic rings. The molecule has 0 bridgehead atoms. The summed E-state index contributed by atoms with van der Waals surface area (Å²) in [7, 11) is 0. The van der Waals surface area contributed by atoms with E-state index < -0.39 is 11.8 Å². The first-order valence-electron chi connectivity index (χ1n) is 12.8. The summed E-state index contributed by atoms with van der Waals surface area (Å²) >= 11 is 0. The van der Waals surface area contributed by atoms with Crippen molar-refractivity contribution < 1.29 is 9.59 Å². The van der Waals surface area contributed by atoms with Crippen LogP contribution in [0.5, 0.6) is 0 Å². The molecule has 0 radical (unpaired) electrons. The third-order valence-electron chi connectivity index (χ3n) is 6.83. The zero-order valence-corrected chi connectivity index (χ0v) is 21.6. The number of carbonyl (C=O) groups excluding carboxylic acids is 2. The van der Waals surface area contributed by atoms with E-state index in [0.29, 0.717) is 5.95 Å². The number of hydrogen-bond donors (Lipinski definition) is 4. The van der Waals surface area contributed by atoms with Crippen LogP contribution < -0.4 is 22.1 Å². The van der Waals surface area contributed by atoms with Gasteiger partial charge in [-0.2, -0.15) is 0 Å². The summed E-state index contributed by atoms with van der Waals surface area (Å²) < 4.78 is 1.99. The maximum atomic E-state index is 11.5. The standard InChI is InChI=1S/C26H31N11O2/c1-16-8-32-26(34-17-2-5-20(6-3-17)36(13-22(27)38)14-23(28)39)35-25(16)21-11-31-24-7-4-18(12-37(21)24)33-19-9-29-15-30-10-19/h4,7-12,15,17,20,33H,2-3,5-6,13-14H2,1H3,(H2,27,38)(H2,28,39)(H,32,34,35). The number of aryl methyl sites for hydroxylation is 1. The Bertz CT molecular complexity index is 1450. The molecule has 6 N–H and O–H groups in total. The number of carbonyl (C=O) groups is 2. The highest BCUT2D eigenvalue weighted by Crippen LogP contribution is 2.28. The predicted octanol–water partition coefficient (Wildman–Crippen LogP) is 1.63. The van der Waals surface area contributed by atoms with Crippen LogP contribution in [0.3, 0.4) is 0 Å². The lowest BCUT2D eigenvalue weighted by Crippen LogP contribution is -2.47. The number of amides is 2. The Kier molecular flexibility index (Phi) is 7.59. The fourth-order valence-electron chi connectivity index (χ4n) is 5.01. The van der Waals surface area contributed by atoms with E-state index in [1.165, 1.54) is 6.33 Å². The summed E-state index contributed by atoms with van der Waals surface area (Å²) in [6.07, 6.45) is 13.7. The molecule has 202 valence electrons. The topological polar surface area (TPSA) is 182 Å². The van der Waals surface area contributed by atoms with E-state index in [4.69, 9.17) is 16.5 Å². The number of aromatic nitrogens is 6. The van der Waals surface area contributed by atoms with Crippen molar-refractivity contribution in [2.45, 2.75) is 44.7 Å². The number of nitrogens with zero attached hydrogens (tertiary/aromatic N) is 7. The largest absolute Gasteiger partial charge is 0.369 e. The molecule has 0 aromatic carbocycles. The van der Waals surface area contributed by atoms with Crippen LogP contribution in [0.1, 0.15) is 31.2 Å². The molecule has 1 fully saturated rings. The van der Waals surface area contributed by atoms with Crippen molar-refractivity contribution in [2.24, 2.45) is 11.5 Å². The van der Waals surface area contributed by atoms with Gasteiger partial charge in [-0.15, -0.1) is 0 Å². The van der Waals surface area contributed by atoms with Gasteiger partial charge in [0, 0.05) is 24.5 Å². The molecule has 2 amide bonds. The van der Waals surface area contributed by atoms with Gasteiger partial charge < -0.3 is 22.1 Å². The van der Waals surface area contributed by atoms with Gasteiger partial charge in [-0.25, -0.2) is 24.9 Å². The van der Waals surface area contributed by atoms with Gasteiger partial charge in [-0.05, 0) is 50.3 Å². The van der Waals surface area contributed by atoms with E-state index in [1.807, 2.05) is 29.7 Å². The first-order chi connectivity index (χ1) is 18.9. The smallest absolute Gasteiger partial charge is 0.231 e. The summed E-state index contributed by atoms with van der Waals surface area (Å²) in [6.45, 7) is 2.01. The quantitative estimate of drug-likeness (QED) is 0.235. The monoisotopic (exact) mass is 529 g/mol. The number of hydrogen-bond acceptors (Lipinski definition) is 10. The minimum atomic E-state index is -0.471. The van der Waals surface area contributed by atoms with E-state index in [-0.39, 0.29) is 25.2 Å². The number of imidazole rings is 1. The average Bonchev–Trinajstić information content (AvgIpc) is 3.33. The van der Waals surface area contributed by atoms with Crippen molar-refractivity contribution in [3.05, 3.63) is 55.0 Å². The summed E-state index contributed by atoms with van der Waals surface area (Å²) in [4.78, 5) is 46.7. The highest BCUT2D eigenvalue weighted by Gasteiger charge is 2.28. The van der Waals surface area contributed by atoms with Crippen LogP contribution in [0.15, 0.2) is 49.4 Å². The molecule has 5 rings (SSSR count). The molecule has 1 aliphatic rings. The van der Waals surface area contributed by atoms with Crippen LogP contribution in [0.4, 0.5) is 17.3 Å². The second-order valence-electron chi connectivity index (χ2n) is 9.75. The molecule has 0 unspecified atom stereocenters. The number of rotatable bonds is 10. The Balaban J connectivity index is 1.30. The molecule has 1 aliphatic carbocycles. The molecule has 13 heteroatoms. The van der Waals surface area contributed by atoms with Crippen molar-refractivity contribution in [3.63, 3.8) is 0 Å². The lowest BCUT2D eigenvalue weighted by atomic mass is 9.90. The first-order valence-corrected chi connectivity index (χ1v) is 12.8. The van der Waals surface area contributed by atoms with E-state index in [2.05, 4.69) is 30.6 Å². The van der Waals surface area contributed by atoms with E-state index in [1.54, 1.807) is 29.7 Å². The van der Waals surface area contributed by atoms with E-state index in [0.717, 1.165) is 59.7 Å². The SMILES string of the molecule is Cc1cnc(NC2CCC(N(CC(N)=O)CC(N)=O)CC2)nc1-c1cnc2ccc(Nc3cncnc3)cn12. The lowest BCUT2D eigenvalue weighted by Gasteiger charge is -2.35. The van der Waals surface area contributed by atoms with Gasteiger partial charge in [0.2, 0.25) is 17.8 Å². The van der Waals surface area contributed by atoms with Crippen molar-refractivity contribution in [1.29, 1.82) is 0 Å². The number of nitrogens with one attached hydrogen (secondary N) is 2. The van der Waals surface area contributed by atoms with Gasteiger partial charge >= 0.3 is 0 Å². The lowest BCUT2D eigenvalue weighted by molar-refractivity contribution is -0.123. The maximum Gasteiger partial charge on any atom is 0.231 e. The Morgan fingerprint density at radius 1 is 0.974 bits per heavy atom. The van der Waals surface area contributed by atoms with Crippen LogP contribution >= 0.6 is 0 Å².